The SMILES string of the molecule is O=C(O)C(CC(F)(F)C(F)(F)C(F)(F)C(F)F)C(CC(F)(F)C(F)(F)C(F)(F)C(F)F)(C(=O)O)S(=O)(=O)O.[NaH]. The van der Waals surface area contributed by atoms with Gasteiger partial charge in [-0.25, -0.2) is 17.6 Å². The van der Waals surface area contributed by atoms with E-state index in [4.69, 9.17) is 14.8 Å². The Balaban J connectivity index is 0. The van der Waals surface area contributed by atoms with Crippen LogP contribution in [0.25, 0.3) is 0 Å². The normalized spacial score (nSPS) is 17.0. The van der Waals surface area contributed by atoms with Gasteiger partial charge in [0.2, 0.25) is 4.75 Å². The van der Waals surface area contributed by atoms with Gasteiger partial charge in [-0.3, -0.25) is 14.1 Å². The van der Waals surface area contributed by atoms with Crippen LogP contribution in [0.2, 0.25) is 0 Å². The van der Waals surface area contributed by atoms with Crippen molar-refractivity contribution in [3.05, 3.63) is 0 Å². The summed E-state index contributed by atoms with van der Waals surface area (Å²) in [6.07, 6.45) is -19.9. The summed E-state index contributed by atoms with van der Waals surface area (Å²) in [4.78, 5) is 22.7. The van der Waals surface area contributed by atoms with E-state index in [0.29, 0.717) is 0 Å². The molecular formula is C14H11F16NaO7S. The average Bonchev–Trinajstić information content (AvgIpc) is 2.68. The van der Waals surface area contributed by atoms with Crippen LogP contribution in [0.1, 0.15) is 12.8 Å². The van der Waals surface area contributed by atoms with Crippen LogP contribution in [0.4, 0.5) is 70.2 Å². The second-order valence-electron chi connectivity index (χ2n) is 7.35. The van der Waals surface area contributed by atoms with E-state index in [2.05, 4.69) is 0 Å². The van der Waals surface area contributed by atoms with E-state index in [9.17, 15) is 88.3 Å². The number of carboxylic acid groups (broad SMARTS) is 2. The van der Waals surface area contributed by atoms with Gasteiger partial charge >= 0.3 is 89.9 Å². The van der Waals surface area contributed by atoms with E-state index in [1.807, 2.05) is 0 Å². The fourth-order valence-corrected chi connectivity index (χ4v) is 3.90. The Kier molecular flexibility index (Phi) is 11.8. The average molecular weight is 650 g/mol. The molecule has 7 nitrogen and oxygen atoms in total. The van der Waals surface area contributed by atoms with Crippen LogP contribution in [0.15, 0.2) is 0 Å². The van der Waals surface area contributed by atoms with Gasteiger partial charge in [-0.2, -0.15) is 61.1 Å². The molecule has 0 heterocycles. The zero-order valence-corrected chi connectivity index (χ0v) is 17.9. The van der Waals surface area contributed by atoms with Crippen LogP contribution in [-0.4, -0.2) is 118 Å². The molecule has 0 rings (SSSR count). The third-order valence-corrected chi connectivity index (χ3v) is 6.46. The molecule has 0 bridgehead atoms. The summed E-state index contributed by atoms with van der Waals surface area (Å²) in [6, 6.07) is 0. The van der Waals surface area contributed by atoms with Crippen LogP contribution in [0.3, 0.4) is 0 Å². The van der Waals surface area contributed by atoms with E-state index in [-0.39, 0.29) is 29.6 Å². The molecule has 0 spiro atoms. The van der Waals surface area contributed by atoms with Gasteiger partial charge in [0, 0.05) is 6.42 Å². The maximum atomic E-state index is 14.1. The molecule has 0 radical (unpaired) electrons. The Hall–Kier alpha value is -1.27. The molecule has 25 heteroatoms. The molecule has 0 aromatic heterocycles. The molecule has 0 fully saturated rings. The first-order valence-corrected chi connectivity index (χ1v) is 10.0. The topological polar surface area (TPSA) is 129 Å². The number of halogens is 16. The summed E-state index contributed by atoms with van der Waals surface area (Å²) in [5.41, 5.74) is 0. The fraction of sp³-hybridized carbons (Fsp3) is 0.857. The molecule has 0 aromatic rings. The van der Waals surface area contributed by atoms with Crippen molar-refractivity contribution in [3.8, 4) is 0 Å². The Labute approximate surface area is 226 Å². The Morgan fingerprint density at radius 2 is 0.974 bits per heavy atom. The molecule has 0 aliphatic heterocycles. The van der Waals surface area contributed by atoms with Crippen LogP contribution in [0.5, 0.6) is 0 Å². The summed E-state index contributed by atoms with van der Waals surface area (Å²) in [6.45, 7) is 0. The molecule has 0 saturated carbocycles. The van der Waals surface area contributed by atoms with E-state index >= 15 is 0 Å². The van der Waals surface area contributed by atoms with Crippen molar-refractivity contribution >= 4 is 51.6 Å². The first kappa shape index (κ1) is 39.9. The van der Waals surface area contributed by atoms with Gasteiger partial charge in [-0.1, -0.05) is 0 Å². The van der Waals surface area contributed by atoms with E-state index in [0.717, 1.165) is 0 Å². The molecule has 2 atom stereocenters. The number of hydrogen-bond donors (Lipinski definition) is 3. The first-order valence-electron chi connectivity index (χ1n) is 8.59. The van der Waals surface area contributed by atoms with Crippen molar-refractivity contribution in [2.75, 3.05) is 0 Å². The summed E-state index contributed by atoms with van der Waals surface area (Å²) in [5.74, 6) is -56.5. The van der Waals surface area contributed by atoms with E-state index in [1.54, 1.807) is 0 Å². The molecule has 228 valence electrons. The number of carboxylic acids is 2. The minimum absolute atomic E-state index is 0. The van der Waals surface area contributed by atoms with Crippen LogP contribution < -0.4 is 0 Å². The van der Waals surface area contributed by atoms with Gasteiger partial charge in [-0.15, -0.1) is 0 Å². The molecule has 0 aliphatic rings. The fourth-order valence-electron chi connectivity index (χ4n) is 2.77. The third kappa shape index (κ3) is 6.47. The number of carbonyl (C=O) groups is 2. The van der Waals surface area contributed by atoms with Gasteiger partial charge in [0.25, 0.3) is 10.1 Å². The molecule has 3 N–H and O–H groups in total. The standard InChI is InChI=1S/C14H10F16O7S.Na.H/c15-5(16)11(23,24)13(27,28)9(19,20)1-3(4(31)32)8(7(33)34,38(35,36)37)2-10(21,22)14(29,30)12(25,26)6(17)18;;/h3,5-6H,1-2H2,(H,31,32)(H,33,34)(H,35,36,37);;. The summed E-state index contributed by atoms with van der Waals surface area (Å²) in [7, 11) is -7.54. The maximum absolute atomic E-state index is 14.1. The Morgan fingerprint density at radius 1 is 0.667 bits per heavy atom. The summed E-state index contributed by atoms with van der Waals surface area (Å²) >= 11 is 0. The van der Waals surface area contributed by atoms with Crippen LogP contribution in [-0.2, 0) is 19.7 Å². The number of aliphatic carboxylic acids is 2. The first-order chi connectivity index (χ1) is 16.3. The van der Waals surface area contributed by atoms with Crippen LogP contribution in [0, 0.1) is 5.92 Å². The Morgan fingerprint density at radius 3 is 1.21 bits per heavy atom. The predicted octanol–water partition coefficient (Wildman–Crippen LogP) is 3.87. The van der Waals surface area contributed by atoms with Gasteiger partial charge in [-0.05, 0) is 0 Å². The van der Waals surface area contributed by atoms with Crippen LogP contribution >= 0.6 is 0 Å². The molecule has 39 heavy (non-hydrogen) atoms. The molecule has 0 aliphatic carbocycles. The summed E-state index contributed by atoms with van der Waals surface area (Å²) in [5, 5.41) is 17.8. The molecular weight excluding hydrogens is 639 g/mol. The van der Waals surface area contributed by atoms with Gasteiger partial charge in [0.1, 0.15) is 0 Å². The second-order valence-corrected chi connectivity index (χ2v) is 9.03. The molecule has 0 saturated heterocycles. The molecule has 0 amide bonds. The predicted molar refractivity (Wildman–Crippen MR) is 91.1 cm³/mol. The third-order valence-electron chi connectivity index (χ3n) is 4.93. The minimum atomic E-state index is -7.61. The van der Waals surface area contributed by atoms with E-state index < -0.39 is 93.9 Å². The van der Waals surface area contributed by atoms with E-state index in [1.165, 1.54) is 0 Å². The molecule has 0 aromatic carbocycles. The zero-order chi connectivity index (χ0) is 31.3. The van der Waals surface area contributed by atoms with Crippen molar-refractivity contribution in [2.24, 2.45) is 5.92 Å². The van der Waals surface area contributed by atoms with Crippen molar-refractivity contribution in [3.63, 3.8) is 0 Å². The van der Waals surface area contributed by atoms with Gasteiger partial charge in [0.05, 0.1) is 12.3 Å². The summed E-state index contributed by atoms with van der Waals surface area (Å²) < 4.78 is 237. The number of rotatable bonds is 14. The van der Waals surface area contributed by atoms with Gasteiger partial charge in [0.15, 0.2) is 0 Å². The van der Waals surface area contributed by atoms with Crippen molar-refractivity contribution in [1.29, 1.82) is 0 Å². The molecule has 2 unspecified atom stereocenters. The zero-order valence-electron chi connectivity index (χ0n) is 17.1. The van der Waals surface area contributed by atoms with Crippen molar-refractivity contribution < 1.29 is 103 Å². The van der Waals surface area contributed by atoms with Crippen molar-refractivity contribution in [2.45, 2.75) is 66.0 Å². The Bertz CT molecular complexity index is 1020. The monoisotopic (exact) mass is 650 g/mol. The second kappa shape index (κ2) is 11.5. The number of hydrogen-bond acceptors (Lipinski definition) is 4. The quantitative estimate of drug-likeness (QED) is 0.148. The van der Waals surface area contributed by atoms with Gasteiger partial charge < -0.3 is 10.2 Å². The van der Waals surface area contributed by atoms with Crippen molar-refractivity contribution in [1.82, 2.24) is 0 Å². The number of alkyl halides is 16.